The molecule has 160 valence electrons. The molecule has 0 atom stereocenters. The number of fused-ring (bicyclic) bond motifs is 1. The van der Waals surface area contributed by atoms with Crippen molar-refractivity contribution in [2.75, 3.05) is 20.2 Å². The molecule has 5 rings (SSSR count). The molecule has 0 unspecified atom stereocenters. The van der Waals surface area contributed by atoms with Crippen LogP contribution < -0.4 is 0 Å². The van der Waals surface area contributed by atoms with Crippen LogP contribution in [0, 0.1) is 5.82 Å². The van der Waals surface area contributed by atoms with Gasteiger partial charge in [-0.3, -0.25) is 9.89 Å². The number of aromatic amines is 1. The minimum absolute atomic E-state index is 0.0187. The molecular weight excluding hydrogens is 399 g/mol. The lowest BCUT2D eigenvalue weighted by Crippen LogP contribution is -2.35. The molecule has 3 aromatic heterocycles. The van der Waals surface area contributed by atoms with E-state index in [-0.39, 0.29) is 11.7 Å². The zero-order chi connectivity index (χ0) is 21.8. The topological polar surface area (TPSA) is 99.9 Å². The van der Waals surface area contributed by atoms with Crippen molar-refractivity contribution in [1.29, 1.82) is 0 Å². The number of aliphatic hydroxyl groups excluding tert-OH is 1. The number of halogens is 1. The van der Waals surface area contributed by atoms with Crippen LogP contribution in [0.15, 0.2) is 49.1 Å². The number of pyridine rings is 1. The van der Waals surface area contributed by atoms with Gasteiger partial charge in [0.25, 0.3) is 5.91 Å². The van der Waals surface area contributed by atoms with E-state index in [0.717, 1.165) is 38.4 Å². The van der Waals surface area contributed by atoms with E-state index in [0.29, 0.717) is 28.3 Å². The van der Waals surface area contributed by atoms with Crippen LogP contribution in [-0.2, 0) is 0 Å². The van der Waals surface area contributed by atoms with Crippen molar-refractivity contribution in [3.05, 3.63) is 60.4 Å². The summed E-state index contributed by atoms with van der Waals surface area (Å²) in [6.07, 6.45) is 8.08. The van der Waals surface area contributed by atoms with Gasteiger partial charge in [0.1, 0.15) is 17.8 Å². The third-order valence-electron chi connectivity index (χ3n) is 5.27. The lowest BCUT2D eigenvalue weighted by atomic mass is 10.1. The number of nitrogens with zero attached hydrogens (tertiary/aromatic N) is 5. The van der Waals surface area contributed by atoms with Crippen LogP contribution in [0.4, 0.5) is 4.39 Å². The minimum Gasteiger partial charge on any atom is -0.400 e. The molecule has 0 aliphatic carbocycles. The molecule has 0 bridgehead atoms. The molecule has 31 heavy (non-hydrogen) atoms. The number of carbonyl (C=O) groups is 1. The molecule has 8 nitrogen and oxygen atoms in total. The summed E-state index contributed by atoms with van der Waals surface area (Å²) in [6, 6.07) is 8.39. The molecule has 1 aromatic carbocycles. The average Bonchev–Trinajstić information content (AvgIpc) is 3.50. The number of aromatic nitrogens is 5. The SMILES string of the molecule is CO.O=C(c1cnc2c(ccn2-c2cc(F)cc(-c3ncn[nH]3)c2)c1)N1CCCCC1. The first kappa shape index (κ1) is 20.7. The number of H-pyrrole nitrogens is 1. The number of hydrogen-bond donors (Lipinski definition) is 2. The summed E-state index contributed by atoms with van der Waals surface area (Å²) in [4.78, 5) is 23.2. The van der Waals surface area contributed by atoms with Gasteiger partial charge in [-0.2, -0.15) is 5.10 Å². The molecule has 1 aliphatic rings. The predicted octanol–water partition coefficient (Wildman–Crippen LogP) is 3.18. The number of amides is 1. The maximum absolute atomic E-state index is 14.2. The number of nitrogens with one attached hydrogen (secondary N) is 1. The minimum atomic E-state index is -0.382. The molecule has 1 amide bonds. The quantitative estimate of drug-likeness (QED) is 0.528. The van der Waals surface area contributed by atoms with E-state index < -0.39 is 0 Å². The normalized spacial score (nSPS) is 13.7. The number of likely N-dealkylation sites (tertiary alicyclic amines) is 1. The third kappa shape index (κ3) is 4.17. The van der Waals surface area contributed by atoms with Gasteiger partial charge in [-0.05, 0) is 49.6 Å². The summed E-state index contributed by atoms with van der Waals surface area (Å²) in [5.74, 6) is 0.127. The zero-order valence-corrected chi connectivity index (χ0v) is 17.1. The second-order valence-electron chi connectivity index (χ2n) is 7.21. The monoisotopic (exact) mass is 422 g/mol. The van der Waals surface area contributed by atoms with Crippen molar-refractivity contribution in [2.45, 2.75) is 19.3 Å². The molecule has 0 saturated carbocycles. The maximum Gasteiger partial charge on any atom is 0.255 e. The van der Waals surface area contributed by atoms with Gasteiger partial charge in [-0.15, -0.1) is 0 Å². The van der Waals surface area contributed by atoms with Gasteiger partial charge in [-0.1, -0.05) is 0 Å². The summed E-state index contributed by atoms with van der Waals surface area (Å²) >= 11 is 0. The molecular formula is C22H23FN6O2. The van der Waals surface area contributed by atoms with Gasteiger partial charge in [0.15, 0.2) is 5.82 Å². The lowest BCUT2D eigenvalue weighted by molar-refractivity contribution is 0.0724. The fourth-order valence-corrected chi connectivity index (χ4v) is 3.82. The Labute approximate surface area is 178 Å². The third-order valence-corrected chi connectivity index (χ3v) is 5.27. The van der Waals surface area contributed by atoms with E-state index in [1.807, 2.05) is 29.3 Å². The smallest absolute Gasteiger partial charge is 0.255 e. The Balaban J connectivity index is 0.00000112. The molecule has 0 radical (unpaired) electrons. The Kier molecular flexibility index (Phi) is 6.03. The number of benzene rings is 1. The van der Waals surface area contributed by atoms with Crippen LogP contribution in [0.25, 0.3) is 28.1 Å². The predicted molar refractivity (Wildman–Crippen MR) is 114 cm³/mol. The van der Waals surface area contributed by atoms with Gasteiger partial charge < -0.3 is 14.6 Å². The van der Waals surface area contributed by atoms with Crippen molar-refractivity contribution >= 4 is 16.9 Å². The van der Waals surface area contributed by atoms with E-state index in [2.05, 4.69) is 20.2 Å². The highest BCUT2D eigenvalue weighted by atomic mass is 19.1. The van der Waals surface area contributed by atoms with E-state index in [1.54, 1.807) is 10.8 Å². The summed E-state index contributed by atoms with van der Waals surface area (Å²) in [5.41, 5.74) is 2.46. The standard InChI is InChI=1S/C21H19FN6O.CH4O/c22-17-9-15(19-24-13-25-26-19)10-18(11-17)28-7-4-14-8-16(12-23-20(14)28)21(29)27-5-2-1-3-6-27;1-2/h4,7-13H,1-3,5-6H2,(H,24,25,26);2H,1H3. The average molecular weight is 422 g/mol. The Morgan fingerprint density at radius 2 is 1.90 bits per heavy atom. The Bertz CT molecular complexity index is 1180. The summed E-state index contributed by atoms with van der Waals surface area (Å²) in [5, 5.41) is 14.4. The highest BCUT2D eigenvalue weighted by Crippen LogP contribution is 2.25. The van der Waals surface area contributed by atoms with Crippen LogP contribution in [-0.4, -0.2) is 60.8 Å². The number of piperidine rings is 1. The van der Waals surface area contributed by atoms with Crippen molar-refractivity contribution in [3.8, 4) is 17.1 Å². The summed E-state index contributed by atoms with van der Waals surface area (Å²) in [6.45, 7) is 1.59. The molecule has 0 spiro atoms. The first-order chi connectivity index (χ1) is 15.2. The van der Waals surface area contributed by atoms with E-state index >= 15 is 0 Å². The van der Waals surface area contributed by atoms with E-state index in [9.17, 15) is 9.18 Å². The van der Waals surface area contributed by atoms with Crippen molar-refractivity contribution < 1.29 is 14.3 Å². The second-order valence-corrected chi connectivity index (χ2v) is 7.21. The Morgan fingerprint density at radius 1 is 1.10 bits per heavy atom. The second kappa shape index (κ2) is 9.05. The van der Waals surface area contributed by atoms with Gasteiger partial charge in [0.05, 0.1) is 11.3 Å². The highest BCUT2D eigenvalue weighted by molar-refractivity contribution is 5.97. The zero-order valence-electron chi connectivity index (χ0n) is 17.1. The molecule has 4 heterocycles. The molecule has 9 heteroatoms. The lowest BCUT2D eigenvalue weighted by Gasteiger charge is -2.26. The van der Waals surface area contributed by atoms with Crippen LogP contribution in [0.5, 0.6) is 0 Å². The number of rotatable bonds is 3. The van der Waals surface area contributed by atoms with E-state index in [4.69, 9.17) is 5.11 Å². The van der Waals surface area contributed by atoms with Crippen LogP contribution in [0.3, 0.4) is 0 Å². The summed E-state index contributed by atoms with van der Waals surface area (Å²) in [7, 11) is 1.00. The van der Waals surface area contributed by atoms with Gasteiger partial charge in [-0.25, -0.2) is 14.4 Å². The molecule has 1 aliphatic heterocycles. The maximum atomic E-state index is 14.2. The Morgan fingerprint density at radius 3 is 2.65 bits per heavy atom. The van der Waals surface area contributed by atoms with Crippen molar-refractivity contribution in [3.63, 3.8) is 0 Å². The van der Waals surface area contributed by atoms with Crippen molar-refractivity contribution in [1.82, 2.24) is 29.6 Å². The molecule has 2 N–H and O–H groups in total. The Hall–Kier alpha value is -3.59. The largest absolute Gasteiger partial charge is 0.400 e. The fourth-order valence-electron chi connectivity index (χ4n) is 3.82. The number of hydrogen-bond acceptors (Lipinski definition) is 5. The molecule has 1 fully saturated rings. The van der Waals surface area contributed by atoms with E-state index in [1.165, 1.54) is 24.9 Å². The molecule has 4 aromatic rings. The first-order valence-corrected chi connectivity index (χ1v) is 10.1. The number of carbonyl (C=O) groups excluding carboxylic acids is 1. The highest BCUT2D eigenvalue weighted by Gasteiger charge is 2.19. The van der Waals surface area contributed by atoms with Crippen LogP contribution >= 0.6 is 0 Å². The van der Waals surface area contributed by atoms with Gasteiger partial charge >= 0.3 is 0 Å². The summed E-state index contributed by atoms with van der Waals surface area (Å²) < 4.78 is 16.0. The number of aliphatic hydroxyl groups is 1. The molecule has 1 saturated heterocycles. The van der Waals surface area contributed by atoms with Crippen LogP contribution in [0.2, 0.25) is 0 Å². The van der Waals surface area contributed by atoms with Crippen molar-refractivity contribution in [2.24, 2.45) is 0 Å². The van der Waals surface area contributed by atoms with Gasteiger partial charge in [0, 0.05) is 43.5 Å². The van der Waals surface area contributed by atoms with Gasteiger partial charge in [0.2, 0.25) is 0 Å². The van der Waals surface area contributed by atoms with Crippen LogP contribution in [0.1, 0.15) is 29.6 Å². The first-order valence-electron chi connectivity index (χ1n) is 10.1. The fraction of sp³-hybridized carbons (Fsp3) is 0.273.